The van der Waals surface area contributed by atoms with Gasteiger partial charge in [-0.2, -0.15) is 0 Å². The zero-order chi connectivity index (χ0) is 15.6. The summed E-state index contributed by atoms with van der Waals surface area (Å²) < 4.78 is 26.7. The highest BCUT2D eigenvalue weighted by Crippen LogP contribution is 2.23. The average Bonchev–Trinajstić information content (AvgIpc) is 2.41. The Morgan fingerprint density at radius 3 is 2.24 bits per heavy atom. The van der Waals surface area contributed by atoms with Crippen molar-refractivity contribution in [3.63, 3.8) is 0 Å². The first-order valence-corrected chi connectivity index (χ1v) is 7.91. The molecule has 0 aliphatic rings. The van der Waals surface area contributed by atoms with E-state index < -0.39 is 15.9 Å². The predicted molar refractivity (Wildman–Crippen MR) is 82.2 cm³/mol. The van der Waals surface area contributed by atoms with Crippen LogP contribution in [0.2, 0.25) is 10.0 Å². The third-order valence-corrected chi connectivity index (χ3v) is 4.59. The first-order valence-electron chi connectivity index (χ1n) is 5.67. The van der Waals surface area contributed by atoms with Gasteiger partial charge in [0.2, 0.25) is 5.91 Å². The lowest BCUT2D eigenvalue weighted by molar-refractivity contribution is 0.100. The van der Waals surface area contributed by atoms with Crippen molar-refractivity contribution in [3.8, 4) is 0 Å². The van der Waals surface area contributed by atoms with Crippen molar-refractivity contribution in [1.29, 1.82) is 0 Å². The fourth-order valence-electron chi connectivity index (χ4n) is 1.61. The van der Waals surface area contributed by atoms with Crippen molar-refractivity contribution in [1.82, 2.24) is 0 Å². The normalized spacial score (nSPS) is 11.1. The number of benzene rings is 2. The summed E-state index contributed by atoms with van der Waals surface area (Å²) in [6, 6.07) is 9.77. The molecule has 0 atom stereocenters. The monoisotopic (exact) mass is 344 g/mol. The van der Waals surface area contributed by atoms with Crippen molar-refractivity contribution in [2.45, 2.75) is 4.90 Å². The molecular weight excluding hydrogens is 335 g/mol. The van der Waals surface area contributed by atoms with Crippen molar-refractivity contribution >= 4 is 44.8 Å². The first kappa shape index (κ1) is 15.6. The summed E-state index contributed by atoms with van der Waals surface area (Å²) in [5, 5.41) is 0.577. The van der Waals surface area contributed by atoms with Crippen LogP contribution in [0.3, 0.4) is 0 Å². The Labute approximate surface area is 131 Å². The van der Waals surface area contributed by atoms with Crippen LogP contribution in [0.25, 0.3) is 0 Å². The van der Waals surface area contributed by atoms with Gasteiger partial charge in [0.25, 0.3) is 10.0 Å². The molecule has 0 aromatic heterocycles. The second-order valence-electron chi connectivity index (χ2n) is 4.12. The van der Waals surface area contributed by atoms with E-state index in [1.54, 1.807) is 0 Å². The van der Waals surface area contributed by atoms with Gasteiger partial charge in [-0.3, -0.25) is 9.52 Å². The minimum atomic E-state index is -3.79. The molecule has 3 N–H and O–H groups in total. The van der Waals surface area contributed by atoms with Crippen LogP contribution in [0.15, 0.2) is 47.4 Å². The van der Waals surface area contributed by atoms with Crippen molar-refractivity contribution in [3.05, 3.63) is 58.1 Å². The summed E-state index contributed by atoms with van der Waals surface area (Å²) in [6.07, 6.45) is 0. The van der Waals surface area contributed by atoms with Crippen molar-refractivity contribution < 1.29 is 13.2 Å². The van der Waals surface area contributed by atoms with Crippen LogP contribution < -0.4 is 10.5 Å². The number of hydrogen-bond acceptors (Lipinski definition) is 3. The van der Waals surface area contributed by atoms with Gasteiger partial charge in [0.1, 0.15) is 0 Å². The second-order valence-corrected chi connectivity index (χ2v) is 6.64. The summed E-state index contributed by atoms with van der Waals surface area (Å²) in [5.74, 6) is -0.743. The van der Waals surface area contributed by atoms with Gasteiger partial charge in [0.05, 0.1) is 15.5 Å². The number of halogens is 2. The minimum absolute atomic E-state index is 0.0352. The van der Waals surface area contributed by atoms with Crippen LogP contribution in [0.5, 0.6) is 0 Å². The fourth-order valence-corrected chi connectivity index (χ4v) is 2.99. The molecular formula is C13H10Cl2N2O3S. The van der Waals surface area contributed by atoms with Crippen LogP contribution in [-0.4, -0.2) is 14.3 Å². The van der Waals surface area contributed by atoms with E-state index >= 15 is 0 Å². The van der Waals surface area contributed by atoms with Crippen LogP contribution in [0.1, 0.15) is 10.4 Å². The van der Waals surface area contributed by atoms with E-state index in [2.05, 4.69) is 4.72 Å². The number of anilines is 1. The van der Waals surface area contributed by atoms with Gasteiger partial charge >= 0.3 is 0 Å². The highest BCUT2D eigenvalue weighted by molar-refractivity contribution is 7.92. The van der Waals surface area contributed by atoms with Gasteiger partial charge in [0, 0.05) is 10.7 Å². The molecule has 0 spiro atoms. The molecule has 0 aliphatic heterocycles. The molecule has 5 nitrogen and oxygen atoms in total. The average molecular weight is 345 g/mol. The van der Waals surface area contributed by atoms with Crippen molar-refractivity contribution in [2.24, 2.45) is 5.73 Å². The molecule has 110 valence electrons. The molecule has 2 aromatic carbocycles. The third kappa shape index (κ3) is 3.66. The Morgan fingerprint density at radius 2 is 1.67 bits per heavy atom. The zero-order valence-electron chi connectivity index (χ0n) is 10.5. The standard InChI is InChI=1S/C13H10Cl2N2O3S/c14-8-1-4-10(5-2-8)21(19,20)17-9-3-6-12(15)11(7-9)13(16)18/h1-7,17H,(H2,16,18). The number of carbonyl (C=O) groups excluding carboxylic acids is 1. The molecule has 0 saturated heterocycles. The molecule has 0 saturated carbocycles. The van der Waals surface area contributed by atoms with Crippen LogP contribution in [-0.2, 0) is 10.0 Å². The van der Waals surface area contributed by atoms with Gasteiger partial charge in [-0.05, 0) is 42.5 Å². The van der Waals surface area contributed by atoms with Crippen LogP contribution >= 0.6 is 23.2 Å². The van der Waals surface area contributed by atoms with Gasteiger partial charge in [0.15, 0.2) is 0 Å². The Kier molecular flexibility index (Phi) is 4.41. The second kappa shape index (κ2) is 5.93. The SMILES string of the molecule is NC(=O)c1cc(NS(=O)(=O)c2ccc(Cl)cc2)ccc1Cl. The van der Waals surface area contributed by atoms with E-state index in [0.717, 1.165) is 0 Å². The smallest absolute Gasteiger partial charge is 0.261 e. The quantitative estimate of drug-likeness (QED) is 0.893. The molecule has 0 aliphatic carbocycles. The number of hydrogen-bond donors (Lipinski definition) is 2. The summed E-state index contributed by atoms with van der Waals surface area (Å²) in [4.78, 5) is 11.2. The van der Waals surface area contributed by atoms with E-state index in [1.165, 1.54) is 42.5 Å². The summed E-state index contributed by atoms with van der Waals surface area (Å²) >= 11 is 11.5. The summed E-state index contributed by atoms with van der Waals surface area (Å²) in [7, 11) is -3.79. The van der Waals surface area contributed by atoms with E-state index in [-0.39, 0.29) is 21.2 Å². The molecule has 0 heterocycles. The molecule has 0 radical (unpaired) electrons. The number of carbonyl (C=O) groups is 1. The highest BCUT2D eigenvalue weighted by atomic mass is 35.5. The molecule has 1 amide bonds. The maximum Gasteiger partial charge on any atom is 0.261 e. The zero-order valence-corrected chi connectivity index (χ0v) is 12.8. The van der Waals surface area contributed by atoms with E-state index in [0.29, 0.717) is 5.02 Å². The van der Waals surface area contributed by atoms with Crippen LogP contribution in [0.4, 0.5) is 5.69 Å². The minimum Gasteiger partial charge on any atom is -0.366 e. The largest absolute Gasteiger partial charge is 0.366 e. The van der Waals surface area contributed by atoms with Gasteiger partial charge in [-0.25, -0.2) is 8.42 Å². The molecule has 0 bridgehead atoms. The molecule has 2 rings (SSSR count). The number of amides is 1. The van der Waals surface area contributed by atoms with Crippen LogP contribution in [0, 0.1) is 0 Å². The third-order valence-electron chi connectivity index (χ3n) is 2.61. The van der Waals surface area contributed by atoms with Gasteiger partial charge in [-0.1, -0.05) is 23.2 Å². The maximum atomic E-state index is 12.2. The lowest BCUT2D eigenvalue weighted by Crippen LogP contribution is -2.15. The number of rotatable bonds is 4. The Hall–Kier alpha value is -1.76. The molecule has 2 aromatic rings. The number of nitrogens with two attached hydrogens (primary N) is 1. The molecule has 0 unspecified atom stereocenters. The summed E-state index contributed by atoms with van der Waals surface area (Å²) in [6.45, 7) is 0. The topological polar surface area (TPSA) is 89.3 Å². The molecule has 0 fully saturated rings. The number of nitrogens with one attached hydrogen (secondary N) is 1. The Balaban J connectivity index is 2.35. The fraction of sp³-hybridized carbons (Fsp3) is 0. The van der Waals surface area contributed by atoms with E-state index in [4.69, 9.17) is 28.9 Å². The number of sulfonamides is 1. The number of primary amides is 1. The van der Waals surface area contributed by atoms with Gasteiger partial charge in [-0.15, -0.1) is 0 Å². The lowest BCUT2D eigenvalue weighted by Gasteiger charge is -2.09. The predicted octanol–water partition coefficient (Wildman–Crippen LogP) is 2.89. The molecule has 8 heteroatoms. The molecule has 21 heavy (non-hydrogen) atoms. The maximum absolute atomic E-state index is 12.2. The van der Waals surface area contributed by atoms with E-state index in [1.807, 2.05) is 0 Å². The van der Waals surface area contributed by atoms with Gasteiger partial charge < -0.3 is 5.73 Å². The van der Waals surface area contributed by atoms with E-state index in [9.17, 15) is 13.2 Å². The first-order chi connectivity index (χ1) is 9.79. The Morgan fingerprint density at radius 1 is 1.05 bits per heavy atom. The Bertz CT molecular complexity index is 790. The van der Waals surface area contributed by atoms with Crippen molar-refractivity contribution in [2.75, 3.05) is 4.72 Å². The summed E-state index contributed by atoms with van der Waals surface area (Å²) in [5.41, 5.74) is 5.38. The highest BCUT2D eigenvalue weighted by Gasteiger charge is 2.15. The lowest BCUT2D eigenvalue weighted by atomic mass is 10.2.